The third-order valence-electron chi connectivity index (χ3n) is 7.21. The lowest BCUT2D eigenvalue weighted by atomic mass is 10.0. The van der Waals surface area contributed by atoms with Gasteiger partial charge in [-0.1, -0.05) is 25.7 Å². The number of aryl methyl sites for hydroxylation is 1. The van der Waals surface area contributed by atoms with Gasteiger partial charge < -0.3 is 19.5 Å². The van der Waals surface area contributed by atoms with Gasteiger partial charge in [0, 0.05) is 35.5 Å². The minimum atomic E-state index is -4.46. The van der Waals surface area contributed by atoms with E-state index in [-0.39, 0.29) is 11.6 Å². The lowest BCUT2D eigenvalue weighted by Crippen LogP contribution is -2.32. The van der Waals surface area contributed by atoms with Crippen molar-refractivity contribution in [3.8, 4) is 22.8 Å². The molecule has 0 saturated carbocycles. The van der Waals surface area contributed by atoms with Gasteiger partial charge in [-0.2, -0.15) is 0 Å². The molecule has 4 aromatic rings. The first-order valence-electron chi connectivity index (χ1n) is 15.6. The van der Waals surface area contributed by atoms with E-state index >= 15 is 0 Å². The summed E-state index contributed by atoms with van der Waals surface area (Å²) < 4.78 is 72.9. The predicted octanol–water partition coefficient (Wildman–Crippen LogP) is 7.33. The highest BCUT2D eigenvalue weighted by molar-refractivity contribution is 7.92. The fourth-order valence-electron chi connectivity index (χ4n) is 4.90. The number of benzene rings is 2. The van der Waals surface area contributed by atoms with Crippen LogP contribution in [0.2, 0.25) is 0 Å². The molecule has 0 aliphatic rings. The Labute approximate surface area is 279 Å². The summed E-state index contributed by atoms with van der Waals surface area (Å²) in [5, 5.41) is 3.52. The van der Waals surface area contributed by atoms with E-state index in [0.29, 0.717) is 41.6 Å². The fourth-order valence-corrected chi connectivity index (χ4v) is 6.00. The molecule has 2 aromatic carbocycles. The number of carbonyl (C=O) groups is 1. The third-order valence-corrected chi connectivity index (χ3v) is 8.60. The van der Waals surface area contributed by atoms with Crippen LogP contribution >= 0.6 is 0 Å². The highest BCUT2D eigenvalue weighted by atomic mass is 32.2. The molecule has 0 fully saturated rings. The number of nitrogens with one attached hydrogen (secondary N) is 2. The Morgan fingerprint density at radius 1 is 0.917 bits per heavy atom. The number of anilines is 1. The van der Waals surface area contributed by atoms with Gasteiger partial charge in [-0.3, -0.25) is 4.72 Å². The number of hydrogen-bond acceptors (Lipinski definition) is 9. The number of nitrogens with zero attached hydrogens (tertiary/aromatic N) is 3. The standard InChI is InChI=1S/C34H41F2N5O6S/c1-22-26-16-23(24-17-28(32(45-5)38-20-24)41-48(43,44)30-13-12-25(35)19-27(30)36)18-29(31(26)40-21-39-22)46-15-11-9-7-6-8-10-14-37-33(42)47-34(2,3)4/h12-13,16-21,41H,6-11,14-15H2,1-5H3,(H,37,42). The average molecular weight is 686 g/mol. The number of fused-ring (bicyclic) bond motifs is 1. The summed E-state index contributed by atoms with van der Waals surface area (Å²) in [5.74, 6) is -1.64. The molecule has 0 aliphatic heterocycles. The van der Waals surface area contributed by atoms with Crippen molar-refractivity contribution in [3.63, 3.8) is 0 Å². The van der Waals surface area contributed by atoms with Crippen LogP contribution < -0.4 is 19.5 Å². The molecule has 2 aromatic heterocycles. The van der Waals surface area contributed by atoms with E-state index in [1.54, 1.807) is 6.07 Å². The van der Waals surface area contributed by atoms with E-state index < -0.39 is 38.2 Å². The quantitative estimate of drug-likeness (QED) is 0.123. The van der Waals surface area contributed by atoms with Gasteiger partial charge in [0.05, 0.1) is 13.7 Å². The number of aromatic nitrogens is 3. The van der Waals surface area contributed by atoms with Crippen LogP contribution in [0.5, 0.6) is 11.6 Å². The van der Waals surface area contributed by atoms with E-state index in [1.807, 2.05) is 33.8 Å². The first-order valence-corrected chi connectivity index (χ1v) is 17.1. The molecule has 1 amide bonds. The maximum absolute atomic E-state index is 14.4. The lowest BCUT2D eigenvalue weighted by Gasteiger charge is -2.19. The summed E-state index contributed by atoms with van der Waals surface area (Å²) in [5.41, 5.74) is 1.98. The summed E-state index contributed by atoms with van der Waals surface area (Å²) in [4.78, 5) is 24.0. The molecule has 11 nitrogen and oxygen atoms in total. The summed E-state index contributed by atoms with van der Waals surface area (Å²) in [7, 11) is -3.13. The smallest absolute Gasteiger partial charge is 0.407 e. The molecule has 0 bridgehead atoms. The Balaban J connectivity index is 1.42. The molecule has 0 unspecified atom stereocenters. The number of hydrogen-bond donors (Lipinski definition) is 2. The number of alkyl carbamates (subject to hydrolysis) is 1. The number of rotatable bonds is 15. The highest BCUT2D eigenvalue weighted by Gasteiger charge is 2.23. The maximum Gasteiger partial charge on any atom is 0.407 e. The number of halogens is 2. The minimum Gasteiger partial charge on any atom is -0.491 e. The van der Waals surface area contributed by atoms with Gasteiger partial charge in [0.2, 0.25) is 5.88 Å². The Kier molecular flexibility index (Phi) is 12.1. The van der Waals surface area contributed by atoms with Crippen LogP contribution in [0, 0.1) is 18.6 Å². The molecule has 258 valence electrons. The Morgan fingerprint density at radius 3 is 2.35 bits per heavy atom. The van der Waals surface area contributed by atoms with E-state index in [9.17, 15) is 22.0 Å². The van der Waals surface area contributed by atoms with Crippen molar-refractivity contribution >= 4 is 32.7 Å². The SMILES string of the molecule is COc1ncc(-c2cc(OCCCCCCCCNC(=O)OC(C)(C)C)c3ncnc(C)c3c2)cc1NS(=O)(=O)c1ccc(F)cc1F. The maximum atomic E-state index is 14.4. The Morgan fingerprint density at radius 2 is 1.65 bits per heavy atom. The number of carbonyl (C=O) groups excluding carboxylic acids is 1. The predicted molar refractivity (Wildman–Crippen MR) is 179 cm³/mol. The third kappa shape index (κ3) is 9.96. The molecule has 48 heavy (non-hydrogen) atoms. The van der Waals surface area contributed by atoms with Gasteiger partial charge in [0.15, 0.2) is 0 Å². The van der Waals surface area contributed by atoms with Gasteiger partial charge in [0.25, 0.3) is 10.0 Å². The molecule has 0 aliphatic carbocycles. The van der Waals surface area contributed by atoms with Crippen LogP contribution in [0.25, 0.3) is 22.0 Å². The fraction of sp³-hybridized carbons (Fsp3) is 0.412. The van der Waals surface area contributed by atoms with Crippen molar-refractivity contribution in [3.05, 3.63) is 66.3 Å². The number of sulfonamides is 1. The number of ether oxygens (including phenoxy) is 3. The van der Waals surface area contributed by atoms with Gasteiger partial charge in [-0.25, -0.2) is 36.9 Å². The monoisotopic (exact) mass is 685 g/mol. The number of unbranched alkanes of at least 4 members (excludes halogenated alkanes) is 5. The van der Waals surface area contributed by atoms with E-state index in [4.69, 9.17) is 14.2 Å². The van der Waals surface area contributed by atoms with Gasteiger partial charge in [-0.15, -0.1) is 0 Å². The summed E-state index contributed by atoms with van der Waals surface area (Å²) >= 11 is 0. The highest BCUT2D eigenvalue weighted by Crippen LogP contribution is 2.36. The van der Waals surface area contributed by atoms with Crippen LogP contribution in [0.15, 0.2) is 53.8 Å². The Hall–Kier alpha value is -4.59. The summed E-state index contributed by atoms with van der Waals surface area (Å²) in [6.45, 7) is 8.37. The molecular weight excluding hydrogens is 644 g/mol. The molecule has 2 N–H and O–H groups in total. The minimum absolute atomic E-state index is 0.0389. The summed E-state index contributed by atoms with van der Waals surface area (Å²) in [6, 6.07) is 7.37. The molecular formula is C34H41F2N5O6S. The van der Waals surface area contributed by atoms with Crippen molar-refractivity contribution in [1.82, 2.24) is 20.3 Å². The van der Waals surface area contributed by atoms with Gasteiger partial charge in [-0.05, 0) is 76.4 Å². The zero-order valence-corrected chi connectivity index (χ0v) is 28.5. The largest absolute Gasteiger partial charge is 0.491 e. The molecule has 0 saturated heterocycles. The second kappa shape index (κ2) is 16.0. The van der Waals surface area contributed by atoms with Crippen molar-refractivity contribution in [2.75, 3.05) is 25.0 Å². The van der Waals surface area contributed by atoms with Crippen molar-refractivity contribution in [2.24, 2.45) is 0 Å². The molecule has 2 heterocycles. The topological polar surface area (TPSA) is 142 Å². The first-order chi connectivity index (χ1) is 22.8. The van der Waals surface area contributed by atoms with Crippen molar-refractivity contribution < 1.29 is 36.2 Å². The lowest BCUT2D eigenvalue weighted by molar-refractivity contribution is 0.0527. The van der Waals surface area contributed by atoms with Crippen LogP contribution in [0.4, 0.5) is 19.3 Å². The second-order valence-electron chi connectivity index (χ2n) is 12.2. The number of methoxy groups -OCH3 is 1. The average Bonchev–Trinajstić information content (AvgIpc) is 3.01. The molecule has 0 spiro atoms. The van der Waals surface area contributed by atoms with E-state index in [1.165, 1.54) is 25.7 Å². The molecule has 4 rings (SSSR count). The summed E-state index contributed by atoms with van der Waals surface area (Å²) in [6.07, 6.45) is 8.30. The van der Waals surface area contributed by atoms with Crippen molar-refractivity contribution in [2.45, 2.75) is 76.7 Å². The zero-order chi connectivity index (χ0) is 34.9. The van der Waals surface area contributed by atoms with Crippen LogP contribution in [-0.2, 0) is 14.8 Å². The molecule has 14 heteroatoms. The Bertz CT molecular complexity index is 1850. The first kappa shape index (κ1) is 36.2. The van der Waals surface area contributed by atoms with Gasteiger partial charge in [0.1, 0.15) is 45.4 Å². The van der Waals surface area contributed by atoms with Crippen LogP contribution in [0.3, 0.4) is 0 Å². The van der Waals surface area contributed by atoms with Gasteiger partial charge >= 0.3 is 6.09 Å². The van der Waals surface area contributed by atoms with E-state index in [2.05, 4.69) is 25.0 Å². The zero-order valence-electron chi connectivity index (χ0n) is 27.7. The van der Waals surface area contributed by atoms with Crippen LogP contribution in [0.1, 0.15) is 65.0 Å². The van der Waals surface area contributed by atoms with Crippen LogP contribution in [-0.4, -0.2) is 55.3 Å². The molecule has 0 radical (unpaired) electrons. The number of amides is 1. The van der Waals surface area contributed by atoms with Crippen molar-refractivity contribution in [1.29, 1.82) is 0 Å². The number of pyridine rings is 1. The molecule has 0 atom stereocenters. The second-order valence-corrected chi connectivity index (χ2v) is 13.8. The normalized spacial score (nSPS) is 11.7. The van der Waals surface area contributed by atoms with E-state index in [0.717, 1.165) is 61.7 Å².